The molecule has 1 aliphatic carbocycles. The van der Waals surface area contributed by atoms with Crippen LogP contribution in [0.1, 0.15) is 55.2 Å². The number of hydrogen-bond donors (Lipinski definition) is 2. The number of amides is 1. The van der Waals surface area contributed by atoms with E-state index in [0.717, 1.165) is 25.8 Å². The van der Waals surface area contributed by atoms with Gasteiger partial charge >= 0.3 is 6.18 Å². The van der Waals surface area contributed by atoms with Gasteiger partial charge in [-0.3, -0.25) is 9.78 Å². The van der Waals surface area contributed by atoms with Crippen LogP contribution in [0.25, 0.3) is 11.3 Å². The molecule has 0 radical (unpaired) electrons. The third kappa shape index (κ3) is 6.48. The van der Waals surface area contributed by atoms with Crippen molar-refractivity contribution < 1.29 is 27.1 Å². The molecule has 3 N–H and O–H groups in total. The molecule has 0 saturated heterocycles. The van der Waals surface area contributed by atoms with E-state index in [4.69, 9.17) is 33.7 Å². The van der Waals surface area contributed by atoms with E-state index in [2.05, 4.69) is 10.3 Å². The second kappa shape index (κ2) is 10.6. The Hall–Kier alpha value is -2.88. The van der Waals surface area contributed by atoms with Crippen molar-refractivity contribution in [3.05, 3.63) is 81.2 Å². The van der Waals surface area contributed by atoms with E-state index < -0.39 is 35.4 Å². The Bertz CT molecular complexity index is 1400. The first kappa shape index (κ1) is 29.1. The summed E-state index contributed by atoms with van der Waals surface area (Å²) in [6.07, 6.45) is -2.89. The largest absolute Gasteiger partial charge is 0.489 e. The summed E-state index contributed by atoms with van der Waals surface area (Å²) in [5.41, 5.74) is 3.12. The zero-order chi connectivity index (χ0) is 28.8. The fourth-order valence-corrected chi connectivity index (χ4v) is 4.19. The molecule has 2 aromatic carbocycles. The number of rotatable bonds is 8. The van der Waals surface area contributed by atoms with Crippen molar-refractivity contribution in [3.63, 3.8) is 0 Å². The predicted octanol–water partition coefficient (Wildman–Crippen LogP) is 7.18. The number of nitrogens with zero attached hydrogens (tertiary/aromatic N) is 1. The molecule has 0 aliphatic heterocycles. The SMILES string of the molecule is CC(C)(N)c1cc(-c2ccc(F)c(Cl)c2)nc(C(C)(CNC(=O)c2ccc(OC3CC3)c(Cl)c2)C(F)(F)F)c1. The number of carbonyl (C=O) groups is 1. The summed E-state index contributed by atoms with van der Waals surface area (Å²) in [5.74, 6) is -1.01. The molecule has 3 aromatic rings. The summed E-state index contributed by atoms with van der Waals surface area (Å²) in [7, 11) is 0. The van der Waals surface area contributed by atoms with Crippen LogP contribution in [-0.2, 0) is 11.0 Å². The van der Waals surface area contributed by atoms with Crippen molar-refractivity contribution >= 4 is 29.1 Å². The number of nitrogens with two attached hydrogens (primary N) is 1. The van der Waals surface area contributed by atoms with Gasteiger partial charge in [-0.2, -0.15) is 13.2 Å². The molecule has 1 atom stereocenters. The van der Waals surface area contributed by atoms with E-state index in [0.29, 0.717) is 16.9 Å². The number of hydrogen-bond acceptors (Lipinski definition) is 4. The van der Waals surface area contributed by atoms with Gasteiger partial charge in [0.1, 0.15) is 17.0 Å². The molecule has 1 amide bonds. The quantitative estimate of drug-likeness (QED) is 0.275. The van der Waals surface area contributed by atoms with Gasteiger partial charge in [0, 0.05) is 23.2 Å². The van der Waals surface area contributed by atoms with Crippen LogP contribution >= 0.6 is 23.2 Å². The average molecular weight is 584 g/mol. The highest BCUT2D eigenvalue weighted by Crippen LogP contribution is 2.42. The van der Waals surface area contributed by atoms with Gasteiger partial charge in [-0.25, -0.2) is 4.39 Å². The summed E-state index contributed by atoms with van der Waals surface area (Å²) in [5, 5.41) is 2.37. The number of halogens is 6. The fourth-order valence-electron chi connectivity index (χ4n) is 3.79. The van der Waals surface area contributed by atoms with Crippen LogP contribution in [0.15, 0.2) is 48.5 Å². The molecule has 1 heterocycles. The van der Waals surface area contributed by atoms with E-state index in [1.54, 1.807) is 13.8 Å². The van der Waals surface area contributed by atoms with Gasteiger partial charge in [-0.1, -0.05) is 23.2 Å². The Kier molecular flexibility index (Phi) is 7.91. The molecule has 1 fully saturated rings. The lowest BCUT2D eigenvalue weighted by atomic mass is 9.82. The Balaban J connectivity index is 1.69. The summed E-state index contributed by atoms with van der Waals surface area (Å²) in [6.45, 7) is 3.41. The number of nitrogens with one attached hydrogen (secondary N) is 1. The maximum atomic E-state index is 14.6. The molecule has 4 rings (SSSR count). The minimum Gasteiger partial charge on any atom is -0.489 e. The molecular formula is C28H27Cl2F4N3O2. The Morgan fingerprint density at radius 1 is 1.05 bits per heavy atom. The Morgan fingerprint density at radius 3 is 2.31 bits per heavy atom. The molecular weight excluding hydrogens is 557 g/mol. The minimum absolute atomic E-state index is 0.0825. The number of pyridine rings is 1. The summed E-state index contributed by atoms with van der Waals surface area (Å²) < 4.78 is 63.3. The molecule has 39 heavy (non-hydrogen) atoms. The van der Waals surface area contributed by atoms with Crippen LogP contribution in [0.5, 0.6) is 5.75 Å². The van der Waals surface area contributed by atoms with Crippen LogP contribution in [0.2, 0.25) is 10.0 Å². The van der Waals surface area contributed by atoms with Crippen molar-refractivity contribution in [2.24, 2.45) is 5.73 Å². The monoisotopic (exact) mass is 583 g/mol. The minimum atomic E-state index is -4.82. The summed E-state index contributed by atoms with van der Waals surface area (Å²) >= 11 is 12.1. The molecule has 1 saturated carbocycles. The Labute approximate surface area is 233 Å². The van der Waals surface area contributed by atoms with E-state index in [1.165, 1.54) is 42.5 Å². The third-order valence-corrected chi connectivity index (χ3v) is 7.18. The van der Waals surface area contributed by atoms with Gasteiger partial charge in [-0.05, 0) is 87.7 Å². The number of benzene rings is 2. The summed E-state index contributed by atoms with van der Waals surface area (Å²) in [6, 6.07) is 10.9. The molecule has 11 heteroatoms. The first-order valence-corrected chi connectivity index (χ1v) is 12.9. The van der Waals surface area contributed by atoms with Crippen LogP contribution in [-0.4, -0.2) is 29.7 Å². The van der Waals surface area contributed by atoms with Gasteiger partial charge in [-0.15, -0.1) is 0 Å². The van der Waals surface area contributed by atoms with Gasteiger partial charge in [0.05, 0.1) is 27.5 Å². The molecule has 1 aromatic heterocycles. The smallest absolute Gasteiger partial charge is 0.401 e. The number of alkyl halides is 3. The van der Waals surface area contributed by atoms with E-state index in [9.17, 15) is 22.4 Å². The van der Waals surface area contributed by atoms with E-state index >= 15 is 0 Å². The highest BCUT2D eigenvalue weighted by atomic mass is 35.5. The van der Waals surface area contributed by atoms with Crippen LogP contribution < -0.4 is 15.8 Å². The van der Waals surface area contributed by atoms with Gasteiger partial charge < -0.3 is 15.8 Å². The molecule has 208 valence electrons. The first-order valence-electron chi connectivity index (χ1n) is 12.2. The van der Waals surface area contributed by atoms with Crippen LogP contribution in [0.3, 0.4) is 0 Å². The lowest BCUT2D eigenvalue weighted by molar-refractivity contribution is -0.184. The standard InChI is InChI=1S/C28H27Cl2F4N3O2/c1-26(2,35)17-12-22(15-4-8-21(31)19(29)10-15)37-24(13-17)27(3,28(32,33)34)14-36-25(38)16-5-9-23(20(30)11-16)39-18-6-7-18/h4-5,8-13,18H,6-7,14,35H2,1-3H3,(H,36,38). The average Bonchev–Trinajstić information content (AvgIpc) is 3.68. The molecule has 1 unspecified atom stereocenters. The zero-order valence-corrected chi connectivity index (χ0v) is 22.9. The predicted molar refractivity (Wildman–Crippen MR) is 143 cm³/mol. The highest BCUT2D eigenvalue weighted by molar-refractivity contribution is 6.32. The van der Waals surface area contributed by atoms with E-state index in [-0.39, 0.29) is 33.1 Å². The lowest BCUT2D eigenvalue weighted by Crippen LogP contribution is -2.49. The van der Waals surface area contributed by atoms with Gasteiger partial charge in [0.2, 0.25) is 0 Å². The number of carbonyl (C=O) groups excluding carboxylic acids is 1. The number of aromatic nitrogens is 1. The second-order valence-electron chi connectivity index (χ2n) is 10.5. The second-order valence-corrected chi connectivity index (χ2v) is 11.3. The van der Waals surface area contributed by atoms with Crippen molar-refractivity contribution in [2.75, 3.05) is 6.54 Å². The van der Waals surface area contributed by atoms with Gasteiger partial charge in [0.25, 0.3) is 5.91 Å². The van der Waals surface area contributed by atoms with Crippen molar-refractivity contribution in [2.45, 2.75) is 56.8 Å². The highest BCUT2D eigenvalue weighted by Gasteiger charge is 2.54. The van der Waals surface area contributed by atoms with Crippen molar-refractivity contribution in [3.8, 4) is 17.0 Å². The van der Waals surface area contributed by atoms with Crippen LogP contribution in [0, 0.1) is 5.82 Å². The lowest BCUT2D eigenvalue weighted by Gasteiger charge is -2.33. The fraction of sp³-hybridized carbons (Fsp3) is 0.357. The zero-order valence-electron chi connectivity index (χ0n) is 21.4. The van der Waals surface area contributed by atoms with Crippen molar-refractivity contribution in [1.82, 2.24) is 10.3 Å². The number of ether oxygens (including phenoxy) is 1. The summed E-state index contributed by atoms with van der Waals surface area (Å²) in [4.78, 5) is 17.2. The van der Waals surface area contributed by atoms with Crippen LogP contribution in [0.4, 0.5) is 17.6 Å². The van der Waals surface area contributed by atoms with Gasteiger partial charge in [0.15, 0.2) is 0 Å². The molecule has 0 bridgehead atoms. The molecule has 1 aliphatic rings. The third-order valence-electron chi connectivity index (χ3n) is 6.59. The molecule has 5 nitrogen and oxygen atoms in total. The van der Waals surface area contributed by atoms with Crippen molar-refractivity contribution in [1.29, 1.82) is 0 Å². The van der Waals surface area contributed by atoms with E-state index in [1.807, 2.05) is 0 Å². The maximum Gasteiger partial charge on any atom is 0.401 e. The first-order chi connectivity index (χ1) is 18.1. The molecule has 0 spiro atoms. The topological polar surface area (TPSA) is 77.2 Å². The Morgan fingerprint density at radius 2 is 1.74 bits per heavy atom. The maximum absolute atomic E-state index is 14.6. The normalized spacial score (nSPS) is 15.5.